The minimum atomic E-state index is -1.38. The second kappa shape index (κ2) is 5.14. The number of amides is 2. The molecule has 0 unspecified atom stereocenters. The van der Waals surface area contributed by atoms with Gasteiger partial charge in [-0.3, -0.25) is 14.6 Å². The molecule has 0 bridgehead atoms. The molecule has 0 aromatic carbocycles. The normalized spacial score (nSPS) is 38.9. The molecule has 0 spiro atoms. The Labute approximate surface area is 151 Å². The summed E-state index contributed by atoms with van der Waals surface area (Å²) in [6.45, 7) is 3.32. The van der Waals surface area contributed by atoms with E-state index in [9.17, 15) is 14.9 Å². The lowest BCUT2D eigenvalue weighted by atomic mass is 9.80. The third-order valence-corrected chi connectivity index (χ3v) is 6.11. The molecule has 0 saturated carbocycles. The molecular formula is C16H18N4O2S2. The van der Waals surface area contributed by atoms with Crippen molar-refractivity contribution in [1.29, 1.82) is 5.26 Å². The Morgan fingerprint density at radius 3 is 2.54 bits per heavy atom. The van der Waals surface area contributed by atoms with Crippen molar-refractivity contribution in [2.24, 2.45) is 5.41 Å². The Bertz CT molecular complexity index is 763. The molecule has 2 aliphatic heterocycles. The molecule has 2 amide bonds. The zero-order chi connectivity index (χ0) is 17.9. The van der Waals surface area contributed by atoms with Crippen LogP contribution in [-0.2, 0) is 9.59 Å². The minimum Gasteiger partial charge on any atom is -0.320 e. The van der Waals surface area contributed by atoms with Crippen LogP contribution in [0.4, 0.5) is 0 Å². The first-order chi connectivity index (χ1) is 11.1. The molecule has 24 heavy (non-hydrogen) atoms. The first-order valence-electron chi connectivity index (χ1n) is 7.47. The van der Waals surface area contributed by atoms with E-state index in [4.69, 9.17) is 0 Å². The maximum absolute atomic E-state index is 13.2. The fraction of sp³-hybridized carbons (Fsp3) is 0.500. The maximum atomic E-state index is 13.2. The van der Waals surface area contributed by atoms with Crippen LogP contribution in [0.15, 0.2) is 24.5 Å². The molecule has 1 aromatic heterocycles. The molecule has 2 fully saturated rings. The van der Waals surface area contributed by atoms with Gasteiger partial charge < -0.3 is 9.80 Å². The van der Waals surface area contributed by atoms with Crippen LogP contribution in [0.5, 0.6) is 0 Å². The van der Waals surface area contributed by atoms with Crippen LogP contribution in [0.3, 0.4) is 0 Å². The number of hydrogen-bond acceptors (Lipinski definition) is 6. The van der Waals surface area contributed by atoms with Crippen LogP contribution >= 0.6 is 25.3 Å². The summed E-state index contributed by atoms with van der Waals surface area (Å²) >= 11 is 8.99. The molecule has 0 N–H and O–H groups in total. The summed E-state index contributed by atoms with van der Waals surface area (Å²) in [6.07, 6.45) is 3.37. The number of nitriles is 1. The van der Waals surface area contributed by atoms with Crippen molar-refractivity contribution in [3.05, 3.63) is 30.1 Å². The predicted molar refractivity (Wildman–Crippen MR) is 94.0 cm³/mol. The highest BCUT2D eigenvalue weighted by Crippen LogP contribution is 2.59. The number of carbonyl (C=O) groups excluding carboxylic acids is 2. The van der Waals surface area contributed by atoms with E-state index in [1.165, 1.54) is 16.8 Å². The van der Waals surface area contributed by atoms with E-state index in [2.05, 4.69) is 36.3 Å². The number of fused-ring (bicyclic) bond motifs is 1. The quantitative estimate of drug-likeness (QED) is 0.745. The Morgan fingerprint density at radius 2 is 2.00 bits per heavy atom. The van der Waals surface area contributed by atoms with Crippen molar-refractivity contribution in [3.8, 4) is 6.07 Å². The van der Waals surface area contributed by atoms with Gasteiger partial charge >= 0.3 is 0 Å². The van der Waals surface area contributed by atoms with Gasteiger partial charge in [-0.15, -0.1) is 25.3 Å². The van der Waals surface area contributed by atoms with Crippen molar-refractivity contribution < 1.29 is 9.59 Å². The number of carbonyl (C=O) groups is 2. The van der Waals surface area contributed by atoms with Gasteiger partial charge in [0.1, 0.15) is 0 Å². The second-order valence-corrected chi connectivity index (χ2v) is 8.38. The van der Waals surface area contributed by atoms with Gasteiger partial charge in [-0.2, -0.15) is 5.26 Å². The predicted octanol–water partition coefficient (Wildman–Crippen LogP) is 1.63. The van der Waals surface area contributed by atoms with Crippen LogP contribution in [0.1, 0.15) is 31.9 Å². The van der Waals surface area contributed by atoms with Crippen molar-refractivity contribution in [3.63, 3.8) is 0 Å². The molecule has 6 nitrogen and oxygen atoms in total. The van der Waals surface area contributed by atoms with E-state index in [-0.39, 0.29) is 18.2 Å². The van der Waals surface area contributed by atoms with Gasteiger partial charge in [0, 0.05) is 25.9 Å². The fourth-order valence-electron chi connectivity index (χ4n) is 3.65. The second-order valence-electron chi connectivity index (χ2n) is 6.77. The molecule has 0 radical (unpaired) electrons. The summed E-state index contributed by atoms with van der Waals surface area (Å²) in [4.78, 5) is 30.2. The lowest BCUT2D eigenvalue weighted by Crippen LogP contribution is -2.69. The van der Waals surface area contributed by atoms with Crippen molar-refractivity contribution >= 4 is 37.1 Å². The smallest absolute Gasteiger partial charge is 0.260 e. The summed E-state index contributed by atoms with van der Waals surface area (Å²) in [5.74, 6) is -0.688. The third-order valence-electron chi connectivity index (χ3n) is 5.05. The third kappa shape index (κ3) is 2.01. The van der Waals surface area contributed by atoms with E-state index in [1.54, 1.807) is 38.4 Å². The Balaban J connectivity index is 2.24. The van der Waals surface area contributed by atoms with Crippen molar-refractivity contribution in [2.45, 2.75) is 36.1 Å². The average molecular weight is 362 g/mol. The lowest BCUT2D eigenvalue weighted by Gasteiger charge is -2.50. The van der Waals surface area contributed by atoms with E-state index in [0.717, 1.165) is 0 Å². The molecule has 1 aromatic rings. The maximum Gasteiger partial charge on any atom is 0.260 e. The SMILES string of the molecule is CN1C(=O)[C@@]2(S)C[C@](C)(C#N)[C@H](c3cccnc3)N2C(=O)[C@]1(C)S. The molecule has 0 aliphatic carbocycles. The number of aromatic nitrogens is 1. The van der Waals surface area contributed by atoms with Gasteiger partial charge in [0.25, 0.3) is 11.8 Å². The summed E-state index contributed by atoms with van der Waals surface area (Å²) in [7, 11) is 1.53. The van der Waals surface area contributed by atoms with Gasteiger partial charge in [-0.25, -0.2) is 0 Å². The number of rotatable bonds is 1. The zero-order valence-corrected chi connectivity index (χ0v) is 15.4. The summed E-state index contributed by atoms with van der Waals surface area (Å²) in [5.41, 5.74) is -0.266. The monoisotopic (exact) mass is 362 g/mol. The van der Waals surface area contributed by atoms with E-state index >= 15 is 0 Å². The average Bonchev–Trinajstić information content (AvgIpc) is 2.81. The van der Waals surface area contributed by atoms with Crippen LogP contribution in [0.25, 0.3) is 0 Å². The highest BCUT2D eigenvalue weighted by molar-refractivity contribution is 7.83. The van der Waals surface area contributed by atoms with Gasteiger partial charge in [-0.1, -0.05) is 6.07 Å². The fourth-order valence-corrected chi connectivity index (χ4v) is 4.53. The first kappa shape index (κ1) is 17.1. The molecule has 8 heteroatoms. The van der Waals surface area contributed by atoms with Crippen molar-refractivity contribution in [1.82, 2.24) is 14.8 Å². The molecule has 2 saturated heterocycles. The van der Waals surface area contributed by atoms with Crippen LogP contribution in [-0.4, -0.2) is 43.4 Å². The first-order valence-corrected chi connectivity index (χ1v) is 8.37. The number of pyridine rings is 1. The minimum absolute atomic E-state index is 0.137. The van der Waals surface area contributed by atoms with Gasteiger partial charge in [0.05, 0.1) is 17.5 Å². The van der Waals surface area contributed by atoms with Gasteiger partial charge in [0.2, 0.25) is 0 Å². The molecular weight excluding hydrogens is 344 g/mol. The van der Waals surface area contributed by atoms with E-state index < -0.39 is 21.2 Å². The van der Waals surface area contributed by atoms with Crippen LogP contribution < -0.4 is 0 Å². The Hall–Kier alpha value is -1.72. The number of piperazine rings is 1. The lowest BCUT2D eigenvalue weighted by molar-refractivity contribution is -0.163. The topological polar surface area (TPSA) is 77.3 Å². The van der Waals surface area contributed by atoms with E-state index in [1.807, 2.05) is 0 Å². The van der Waals surface area contributed by atoms with E-state index in [0.29, 0.717) is 5.56 Å². The standard InChI is InChI=1S/C16H18N4O2S2/c1-14(9-17)8-16(24)13(22)19(3)15(2,23)12(21)20(16)11(14)10-5-4-6-18-7-10/h4-7,11,23-24H,8H2,1-3H3/t11-,14+,15-,16-/m0/s1. The molecule has 126 valence electrons. The molecule has 3 rings (SSSR count). The number of nitrogens with zero attached hydrogens (tertiary/aromatic N) is 4. The molecule has 3 heterocycles. The Kier molecular flexibility index (Phi) is 3.66. The molecule has 2 aliphatic rings. The number of likely N-dealkylation sites (N-methyl/N-ethyl adjacent to an activating group) is 1. The van der Waals surface area contributed by atoms with Gasteiger partial charge in [0.15, 0.2) is 9.74 Å². The van der Waals surface area contributed by atoms with Crippen LogP contribution in [0.2, 0.25) is 0 Å². The zero-order valence-electron chi connectivity index (χ0n) is 13.6. The summed E-state index contributed by atoms with van der Waals surface area (Å²) in [6, 6.07) is 5.22. The van der Waals surface area contributed by atoms with Crippen LogP contribution in [0, 0.1) is 16.7 Å². The summed E-state index contributed by atoms with van der Waals surface area (Å²) in [5, 5.41) is 9.80. The van der Waals surface area contributed by atoms with Crippen molar-refractivity contribution in [2.75, 3.05) is 7.05 Å². The highest BCUT2D eigenvalue weighted by atomic mass is 32.1. The molecule has 4 atom stereocenters. The van der Waals surface area contributed by atoms with Gasteiger partial charge in [-0.05, 0) is 25.5 Å². The Morgan fingerprint density at radius 1 is 1.33 bits per heavy atom. The largest absolute Gasteiger partial charge is 0.320 e. The summed E-state index contributed by atoms with van der Waals surface area (Å²) < 4.78 is 0. The number of thiol groups is 2. The highest BCUT2D eigenvalue weighted by Gasteiger charge is 2.68. The number of hydrogen-bond donors (Lipinski definition) is 2.